The van der Waals surface area contributed by atoms with Gasteiger partial charge in [0.05, 0.1) is 0 Å². The molecule has 0 aromatic heterocycles. The van der Waals surface area contributed by atoms with Crippen molar-refractivity contribution in [1.82, 2.24) is 10.2 Å². The van der Waals surface area contributed by atoms with Crippen molar-refractivity contribution in [3.05, 3.63) is 66.0 Å². The molecule has 0 heterocycles. The van der Waals surface area contributed by atoms with Gasteiger partial charge in [0.25, 0.3) is 0 Å². The minimum atomic E-state index is -0.631. The summed E-state index contributed by atoms with van der Waals surface area (Å²) in [5.74, 6) is -0.0153. The van der Waals surface area contributed by atoms with Crippen LogP contribution >= 0.6 is 11.8 Å². The fraction of sp³-hybridized carbons (Fsp3) is 0.391. The van der Waals surface area contributed by atoms with E-state index >= 15 is 0 Å². The van der Waals surface area contributed by atoms with Gasteiger partial charge in [-0.25, -0.2) is 4.39 Å². The van der Waals surface area contributed by atoms with Crippen molar-refractivity contribution >= 4 is 23.6 Å². The first-order chi connectivity index (χ1) is 13.7. The van der Waals surface area contributed by atoms with Crippen molar-refractivity contribution in [2.75, 3.05) is 5.75 Å². The molecule has 0 saturated heterocycles. The summed E-state index contributed by atoms with van der Waals surface area (Å²) in [6.45, 7) is 7.70. The number of halogens is 1. The highest BCUT2D eigenvalue weighted by Crippen LogP contribution is 2.19. The standard InChI is InChI=1S/C23H29FN2O2S/c1-17(22(28)25-23(2,3)4)26(16-18-10-12-19(24)13-11-18)21(27)14-15-29-20-8-6-5-7-9-20/h5-13,17H,14-16H2,1-4H3,(H,25,28)/t17-/m1/s1. The predicted octanol–water partition coefficient (Wildman–Crippen LogP) is 4.64. The molecule has 4 nitrogen and oxygen atoms in total. The smallest absolute Gasteiger partial charge is 0.242 e. The molecule has 6 heteroatoms. The molecule has 0 aliphatic heterocycles. The quantitative estimate of drug-likeness (QED) is 0.638. The Bertz CT molecular complexity index is 804. The normalized spacial score (nSPS) is 12.3. The molecule has 0 spiro atoms. The highest BCUT2D eigenvalue weighted by atomic mass is 32.2. The Balaban J connectivity index is 2.08. The molecule has 0 radical (unpaired) electrons. The van der Waals surface area contributed by atoms with Gasteiger partial charge in [0, 0.05) is 29.2 Å². The van der Waals surface area contributed by atoms with E-state index in [0.717, 1.165) is 10.5 Å². The number of nitrogens with zero attached hydrogens (tertiary/aromatic N) is 1. The summed E-state index contributed by atoms with van der Waals surface area (Å²) in [6, 6.07) is 15.3. The molecule has 2 aromatic carbocycles. The van der Waals surface area contributed by atoms with E-state index in [2.05, 4.69) is 5.32 Å². The Hall–Kier alpha value is -2.34. The Morgan fingerprint density at radius 3 is 2.28 bits per heavy atom. The lowest BCUT2D eigenvalue weighted by Gasteiger charge is -2.31. The molecule has 1 atom stereocenters. The van der Waals surface area contributed by atoms with E-state index in [1.807, 2.05) is 51.1 Å². The first-order valence-electron chi connectivity index (χ1n) is 9.69. The van der Waals surface area contributed by atoms with Gasteiger partial charge in [0.1, 0.15) is 11.9 Å². The van der Waals surface area contributed by atoms with Crippen molar-refractivity contribution < 1.29 is 14.0 Å². The van der Waals surface area contributed by atoms with Crippen molar-refractivity contribution in [3.8, 4) is 0 Å². The van der Waals surface area contributed by atoms with Crippen LogP contribution in [0.5, 0.6) is 0 Å². The highest BCUT2D eigenvalue weighted by Gasteiger charge is 2.28. The summed E-state index contributed by atoms with van der Waals surface area (Å²) in [4.78, 5) is 28.3. The van der Waals surface area contributed by atoms with E-state index < -0.39 is 6.04 Å². The van der Waals surface area contributed by atoms with Crippen molar-refractivity contribution in [2.24, 2.45) is 0 Å². The molecule has 0 saturated carbocycles. The third-order valence-electron chi connectivity index (χ3n) is 4.26. The Morgan fingerprint density at radius 1 is 1.07 bits per heavy atom. The van der Waals surface area contributed by atoms with E-state index in [0.29, 0.717) is 12.2 Å². The van der Waals surface area contributed by atoms with E-state index in [9.17, 15) is 14.0 Å². The fourth-order valence-electron chi connectivity index (χ4n) is 2.76. The summed E-state index contributed by atoms with van der Waals surface area (Å²) in [6.07, 6.45) is 0.313. The van der Waals surface area contributed by atoms with Gasteiger partial charge in [-0.3, -0.25) is 9.59 Å². The molecule has 0 bridgehead atoms. The van der Waals surface area contributed by atoms with Gasteiger partial charge in [-0.1, -0.05) is 30.3 Å². The first kappa shape index (κ1) is 22.9. The summed E-state index contributed by atoms with van der Waals surface area (Å²) in [7, 11) is 0. The summed E-state index contributed by atoms with van der Waals surface area (Å²) < 4.78 is 13.2. The largest absolute Gasteiger partial charge is 0.350 e. The fourth-order valence-corrected chi connectivity index (χ4v) is 3.62. The van der Waals surface area contributed by atoms with Gasteiger partial charge in [-0.15, -0.1) is 11.8 Å². The summed E-state index contributed by atoms with van der Waals surface area (Å²) >= 11 is 1.61. The van der Waals surface area contributed by atoms with Crippen LogP contribution in [0.15, 0.2) is 59.5 Å². The topological polar surface area (TPSA) is 49.4 Å². The number of rotatable bonds is 8. The molecule has 0 aliphatic carbocycles. The number of hydrogen-bond donors (Lipinski definition) is 1. The molecule has 1 N–H and O–H groups in total. The lowest BCUT2D eigenvalue weighted by Crippen LogP contribution is -2.52. The van der Waals surface area contributed by atoms with Crippen molar-refractivity contribution in [1.29, 1.82) is 0 Å². The number of nitrogens with one attached hydrogen (secondary N) is 1. The Morgan fingerprint density at radius 2 is 1.69 bits per heavy atom. The Kier molecular flexibility index (Phi) is 8.26. The predicted molar refractivity (Wildman–Crippen MR) is 116 cm³/mol. The molecule has 0 unspecified atom stereocenters. The molecule has 0 fully saturated rings. The van der Waals surface area contributed by atoms with Crippen LogP contribution in [0.25, 0.3) is 0 Å². The zero-order valence-corrected chi connectivity index (χ0v) is 18.3. The third-order valence-corrected chi connectivity index (χ3v) is 5.27. The number of amides is 2. The zero-order chi connectivity index (χ0) is 21.4. The van der Waals surface area contributed by atoms with E-state index in [1.54, 1.807) is 35.7 Å². The maximum Gasteiger partial charge on any atom is 0.242 e. The average molecular weight is 417 g/mol. The molecule has 2 amide bonds. The van der Waals surface area contributed by atoms with Gasteiger partial charge >= 0.3 is 0 Å². The number of benzene rings is 2. The maximum absolute atomic E-state index is 13.2. The summed E-state index contributed by atoms with van der Waals surface area (Å²) in [5.41, 5.74) is 0.393. The molecule has 156 valence electrons. The third kappa shape index (κ3) is 7.89. The van der Waals surface area contributed by atoms with Crippen LogP contribution < -0.4 is 5.32 Å². The van der Waals surface area contributed by atoms with Crippen LogP contribution in [0.4, 0.5) is 4.39 Å². The lowest BCUT2D eigenvalue weighted by atomic mass is 10.1. The number of thioether (sulfide) groups is 1. The van der Waals surface area contributed by atoms with Crippen LogP contribution in [0, 0.1) is 5.82 Å². The second-order valence-electron chi connectivity index (χ2n) is 7.97. The number of hydrogen-bond acceptors (Lipinski definition) is 3. The minimum Gasteiger partial charge on any atom is -0.350 e. The van der Waals surface area contributed by atoms with E-state index in [4.69, 9.17) is 0 Å². The zero-order valence-electron chi connectivity index (χ0n) is 17.4. The number of carbonyl (C=O) groups excluding carboxylic acids is 2. The van der Waals surface area contributed by atoms with Gasteiger partial charge in [0.15, 0.2) is 0 Å². The van der Waals surface area contributed by atoms with Crippen LogP contribution in [-0.4, -0.2) is 34.0 Å². The van der Waals surface area contributed by atoms with Crippen molar-refractivity contribution in [2.45, 2.75) is 57.1 Å². The average Bonchev–Trinajstić information content (AvgIpc) is 2.66. The highest BCUT2D eigenvalue weighted by molar-refractivity contribution is 7.99. The first-order valence-corrected chi connectivity index (χ1v) is 10.7. The molecule has 2 rings (SSSR count). The van der Waals surface area contributed by atoms with Gasteiger partial charge < -0.3 is 10.2 Å². The molecule has 2 aromatic rings. The number of carbonyl (C=O) groups is 2. The van der Waals surface area contributed by atoms with Crippen molar-refractivity contribution in [3.63, 3.8) is 0 Å². The van der Waals surface area contributed by atoms with Gasteiger partial charge in [-0.05, 0) is 57.5 Å². The molecular formula is C23H29FN2O2S. The van der Waals surface area contributed by atoms with Gasteiger partial charge in [-0.2, -0.15) is 0 Å². The second kappa shape index (κ2) is 10.4. The molecular weight excluding hydrogens is 387 g/mol. The Labute approximate surface area is 176 Å². The molecule has 0 aliphatic rings. The monoisotopic (exact) mass is 416 g/mol. The van der Waals surface area contributed by atoms with E-state index in [-0.39, 0.29) is 29.7 Å². The van der Waals surface area contributed by atoms with Gasteiger partial charge in [0.2, 0.25) is 11.8 Å². The minimum absolute atomic E-state index is 0.102. The second-order valence-corrected chi connectivity index (χ2v) is 9.14. The van der Waals surface area contributed by atoms with Crippen LogP contribution in [0.3, 0.4) is 0 Å². The van der Waals surface area contributed by atoms with Crippen LogP contribution in [-0.2, 0) is 16.1 Å². The molecule has 29 heavy (non-hydrogen) atoms. The lowest BCUT2D eigenvalue weighted by molar-refractivity contribution is -0.140. The van der Waals surface area contributed by atoms with Crippen LogP contribution in [0.1, 0.15) is 39.7 Å². The summed E-state index contributed by atoms with van der Waals surface area (Å²) in [5, 5.41) is 2.93. The maximum atomic E-state index is 13.2. The SMILES string of the molecule is C[C@H](C(=O)NC(C)(C)C)N(Cc1ccc(F)cc1)C(=O)CCSc1ccccc1. The van der Waals surface area contributed by atoms with E-state index in [1.165, 1.54) is 12.1 Å². The van der Waals surface area contributed by atoms with Crippen LogP contribution in [0.2, 0.25) is 0 Å².